The van der Waals surface area contributed by atoms with Crippen molar-refractivity contribution in [1.29, 1.82) is 0 Å². The minimum atomic E-state index is -0.637. The van der Waals surface area contributed by atoms with Gasteiger partial charge in [-0.2, -0.15) is 0 Å². The molecule has 7 heteroatoms. The Kier molecular flexibility index (Phi) is 7.69. The van der Waals surface area contributed by atoms with Gasteiger partial charge in [0.2, 0.25) is 0 Å². The Hall–Kier alpha value is -1.21. The summed E-state index contributed by atoms with van der Waals surface area (Å²) >= 11 is 12.0. The summed E-state index contributed by atoms with van der Waals surface area (Å²) in [5.41, 5.74) is 1.64. The molecule has 0 spiro atoms. The molecule has 3 unspecified atom stereocenters. The largest absolute Gasteiger partial charge is 0.389 e. The zero-order chi connectivity index (χ0) is 20.1. The molecule has 1 saturated heterocycles. The van der Waals surface area contributed by atoms with Gasteiger partial charge in [-0.1, -0.05) is 53.5 Å². The van der Waals surface area contributed by atoms with Gasteiger partial charge in [0.05, 0.1) is 36.5 Å². The highest BCUT2D eigenvalue weighted by Crippen LogP contribution is 2.32. The van der Waals surface area contributed by atoms with Crippen molar-refractivity contribution >= 4 is 23.2 Å². The maximum Gasteiger partial charge on any atom is 0.142 e. The fourth-order valence-corrected chi connectivity index (χ4v) is 3.77. The SMILES string of the molecule is CC(OCC(O)CN1CCOC(c2cc(F)c(Cl)cc2Cl)C1)c1ccccc1. The van der Waals surface area contributed by atoms with E-state index < -0.39 is 11.9 Å². The molecule has 3 rings (SSSR count). The number of β-amino-alcohol motifs (C(OH)–C–C–N with tert-alkyl or cyclic N) is 1. The highest BCUT2D eigenvalue weighted by atomic mass is 35.5. The molecule has 0 radical (unpaired) electrons. The van der Waals surface area contributed by atoms with Crippen molar-refractivity contribution in [1.82, 2.24) is 4.90 Å². The van der Waals surface area contributed by atoms with E-state index in [1.807, 2.05) is 37.3 Å². The molecule has 1 N–H and O–H groups in total. The average molecular weight is 428 g/mol. The predicted molar refractivity (Wildman–Crippen MR) is 108 cm³/mol. The number of morpholine rings is 1. The van der Waals surface area contributed by atoms with E-state index in [2.05, 4.69) is 4.90 Å². The number of hydrogen-bond donors (Lipinski definition) is 1. The highest BCUT2D eigenvalue weighted by Gasteiger charge is 2.26. The van der Waals surface area contributed by atoms with Crippen molar-refractivity contribution in [3.05, 3.63) is 69.5 Å². The van der Waals surface area contributed by atoms with Crippen molar-refractivity contribution < 1.29 is 19.0 Å². The van der Waals surface area contributed by atoms with Crippen LogP contribution < -0.4 is 0 Å². The van der Waals surface area contributed by atoms with Crippen LogP contribution in [-0.4, -0.2) is 49.0 Å². The van der Waals surface area contributed by atoms with Gasteiger partial charge in [-0.3, -0.25) is 4.90 Å². The van der Waals surface area contributed by atoms with Crippen molar-refractivity contribution in [3.63, 3.8) is 0 Å². The number of hydrogen-bond acceptors (Lipinski definition) is 4. The molecule has 3 atom stereocenters. The van der Waals surface area contributed by atoms with Crippen LogP contribution in [0.3, 0.4) is 0 Å². The number of halogens is 3. The van der Waals surface area contributed by atoms with E-state index in [-0.39, 0.29) is 23.8 Å². The molecule has 152 valence electrons. The Morgan fingerprint density at radius 2 is 2.00 bits per heavy atom. The number of rotatable bonds is 7. The monoisotopic (exact) mass is 427 g/mol. The maximum atomic E-state index is 13.8. The molecular weight excluding hydrogens is 404 g/mol. The molecule has 28 heavy (non-hydrogen) atoms. The van der Waals surface area contributed by atoms with E-state index in [1.54, 1.807) is 0 Å². The minimum absolute atomic E-state index is 0.0125. The third-order valence-corrected chi connectivity index (χ3v) is 5.43. The van der Waals surface area contributed by atoms with Gasteiger partial charge in [0.15, 0.2) is 0 Å². The van der Waals surface area contributed by atoms with E-state index in [4.69, 9.17) is 32.7 Å². The minimum Gasteiger partial charge on any atom is -0.389 e. The summed E-state index contributed by atoms with van der Waals surface area (Å²) in [6.45, 7) is 4.29. The fraction of sp³-hybridized carbons (Fsp3) is 0.429. The molecule has 2 aromatic rings. The standard InChI is InChI=1S/C21H24Cl2FNO3/c1-14(15-5-3-2-4-6-15)28-13-16(26)11-25-7-8-27-21(12-25)17-9-20(24)19(23)10-18(17)22/h2-6,9-10,14,16,21,26H,7-8,11-13H2,1H3. The number of nitrogens with zero attached hydrogens (tertiary/aromatic N) is 1. The lowest BCUT2D eigenvalue weighted by atomic mass is 10.1. The van der Waals surface area contributed by atoms with E-state index in [0.717, 1.165) is 5.56 Å². The van der Waals surface area contributed by atoms with Gasteiger partial charge < -0.3 is 14.6 Å². The summed E-state index contributed by atoms with van der Waals surface area (Å²) in [6.07, 6.45) is -1.10. The molecule has 1 aliphatic heterocycles. The highest BCUT2D eigenvalue weighted by molar-refractivity contribution is 6.35. The number of aliphatic hydroxyl groups is 1. The van der Waals surface area contributed by atoms with E-state index in [1.165, 1.54) is 12.1 Å². The van der Waals surface area contributed by atoms with Crippen molar-refractivity contribution in [2.75, 3.05) is 32.8 Å². The van der Waals surface area contributed by atoms with Gasteiger partial charge in [0, 0.05) is 30.2 Å². The summed E-state index contributed by atoms with van der Waals surface area (Å²) in [5.74, 6) is -0.523. The Balaban J connectivity index is 1.52. The van der Waals surface area contributed by atoms with Crippen LogP contribution in [0.5, 0.6) is 0 Å². The van der Waals surface area contributed by atoms with Crippen LogP contribution in [-0.2, 0) is 9.47 Å². The lowest BCUT2D eigenvalue weighted by Gasteiger charge is -2.34. The maximum absolute atomic E-state index is 13.8. The summed E-state index contributed by atoms with van der Waals surface area (Å²) in [4.78, 5) is 2.07. The topological polar surface area (TPSA) is 41.9 Å². The van der Waals surface area contributed by atoms with Crippen LogP contribution in [0.15, 0.2) is 42.5 Å². The smallest absolute Gasteiger partial charge is 0.142 e. The first kappa shape index (κ1) is 21.5. The van der Waals surface area contributed by atoms with Crippen molar-refractivity contribution in [2.45, 2.75) is 25.2 Å². The second-order valence-electron chi connectivity index (χ2n) is 6.95. The summed E-state index contributed by atoms with van der Waals surface area (Å²) in [6, 6.07) is 12.6. The summed E-state index contributed by atoms with van der Waals surface area (Å²) in [7, 11) is 0. The second-order valence-corrected chi connectivity index (χ2v) is 7.76. The second kappa shape index (κ2) is 10.0. The van der Waals surface area contributed by atoms with Gasteiger partial charge in [-0.05, 0) is 24.6 Å². The Labute approximate surface area is 174 Å². The van der Waals surface area contributed by atoms with Crippen LogP contribution in [0.4, 0.5) is 4.39 Å². The lowest BCUT2D eigenvalue weighted by molar-refractivity contribution is -0.0594. The van der Waals surface area contributed by atoms with Gasteiger partial charge in [0.25, 0.3) is 0 Å². The van der Waals surface area contributed by atoms with E-state index in [9.17, 15) is 9.50 Å². The van der Waals surface area contributed by atoms with Crippen molar-refractivity contribution in [3.8, 4) is 0 Å². The zero-order valence-electron chi connectivity index (χ0n) is 15.7. The quantitative estimate of drug-likeness (QED) is 0.653. The summed E-state index contributed by atoms with van der Waals surface area (Å²) in [5, 5.41) is 10.7. The van der Waals surface area contributed by atoms with Crippen LogP contribution >= 0.6 is 23.2 Å². The lowest BCUT2D eigenvalue weighted by Crippen LogP contribution is -2.43. The van der Waals surface area contributed by atoms with E-state index in [0.29, 0.717) is 36.8 Å². The molecule has 0 aliphatic carbocycles. The molecule has 0 saturated carbocycles. The third kappa shape index (κ3) is 5.66. The van der Waals surface area contributed by atoms with Crippen molar-refractivity contribution in [2.24, 2.45) is 0 Å². The fourth-order valence-electron chi connectivity index (χ4n) is 3.27. The van der Waals surface area contributed by atoms with Crippen LogP contribution in [0, 0.1) is 5.82 Å². The first-order valence-electron chi connectivity index (χ1n) is 9.27. The summed E-state index contributed by atoms with van der Waals surface area (Å²) < 4.78 is 25.4. The van der Waals surface area contributed by atoms with Crippen LogP contribution in [0.1, 0.15) is 30.3 Å². The number of benzene rings is 2. The number of ether oxygens (including phenoxy) is 2. The Morgan fingerprint density at radius 1 is 1.25 bits per heavy atom. The molecule has 1 fully saturated rings. The Morgan fingerprint density at radius 3 is 2.75 bits per heavy atom. The third-order valence-electron chi connectivity index (χ3n) is 4.81. The molecule has 1 aliphatic rings. The molecule has 1 heterocycles. The average Bonchev–Trinajstić information content (AvgIpc) is 2.70. The first-order valence-corrected chi connectivity index (χ1v) is 10.0. The van der Waals surface area contributed by atoms with Gasteiger partial charge in [-0.15, -0.1) is 0 Å². The molecule has 2 aromatic carbocycles. The molecule has 0 amide bonds. The molecule has 0 aromatic heterocycles. The van der Waals surface area contributed by atoms with Gasteiger partial charge >= 0.3 is 0 Å². The Bertz CT molecular complexity index is 778. The molecule has 0 bridgehead atoms. The van der Waals surface area contributed by atoms with E-state index >= 15 is 0 Å². The van der Waals surface area contributed by atoms with Crippen LogP contribution in [0.25, 0.3) is 0 Å². The zero-order valence-corrected chi connectivity index (χ0v) is 17.2. The van der Waals surface area contributed by atoms with Gasteiger partial charge in [-0.25, -0.2) is 4.39 Å². The molecular formula is C21H24Cl2FNO3. The van der Waals surface area contributed by atoms with Crippen LogP contribution in [0.2, 0.25) is 10.0 Å². The number of aliphatic hydroxyl groups excluding tert-OH is 1. The normalized spacial score (nSPS) is 20.1. The first-order chi connectivity index (χ1) is 13.4. The van der Waals surface area contributed by atoms with Gasteiger partial charge in [0.1, 0.15) is 5.82 Å². The predicted octanol–water partition coefficient (Wildman–Crippen LogP) is 4.64. The molecule has 4 nitrogen and oxygen atoms in total.